The van der Waals surface area contributed by atoms with E-state index in [-0.39, 0.29) is 11.9 Å². The number of amides is 1. The van der Waals surface area contributed by atoms with Crippen LogP contribution >= 0.6 is 0 Å². The third kappa shape index (κ3) is 4.54. The first-order valence-corrected chi connectivity index (χ1v) is 10.8. The van der Waals surface area contributed by atoms with E-state index in [1.807, 2.05) is 29.8 Å². The molecule has 1 unspecified atom stereocenters. The van der Waals surface area contributed by atoms with Gasteiger partial charge in [-0.15, -0.1) is 0 Å². The summed E-state index contributed by atoms with van der Waals surface area (Å²) in [7, 11) is 0. The lowest BCUT2D eigenvalue weighted by atomic mass is 10.1. The predicted molar refractivity (Wildman–Crippen MR) is 113 cm³/mol. The summed E-state index contributed by atoms with van der Waals surface area (Å²) >= 11 is 0. The van der Waals surface area contributed by atoms with E-state index in [0.29, 0.717) is 19.2 Å². The molecule has 4 rings (SSSR count). The number of benzene rings is 1. The lowest BCUT2D eigenvalue weighted by Gasteiger charge is -2.38. The van der Waals surface area contributed by atoms with Crippen molar-refractivity contribution in [3.05, 3.63) is 52.8 Å². The van der Waals surface area contributed by atoms with Gasteiger partial charge in [-0.3, -0.25) is 14.4 Å². The number of aromatic nitrogens is 2. The van der Waals surface area contributed by atoms with Gasteiger partial charge in [0.2, 0.25) is 5.91 Å². The van der Waals surface area contributed by atoms with Crippen LogP contribution in [0.3, 0.4) is 0 Å². The maximum Gasteiger partial charge on any atom is 0.240 e. The fourth-order valence-electron chi connectivity index (χ4n) is 4.71. The molecule has 1 aromatic carbocycles. The van der Waals surface area contributed by atoms with Gasteiger partial charge in [0.15, 0.2) is 0 Å². The number of nitrogens with one attached hydrogen (secondary N) is 1. The number of ether oxygens (including phenoxy) is 1. The number of aryl methyl sites for hydroxylation is 1. The Hall–Kier alpha value is -2.18. The molecule has 6 nitrogen and oxygen atoms in total. The molecule has 0 spiro atoms. The number of morpholine rings is 1. The highest BCUT2D eigenvalue weighted by Gasteiger charge is 2.35. The molecule has 1 N–H and O–H groups in total. The van der Waals surface area contributed by atoms with Crippen LogP contribution < -0.4 is 5.32 Å². The molecular formula is C23H32N4O2. The molecule has 2 fully saturated rings. The second-order valence-electron chi connectivity index (χ2n) is 8.28. The molecule has 156 valence electrons. The molecule has 1 aliphatic carbocycles. The summed E-state index contributed by atoms with van der Waals surface area (Å²) in [5, 5.41) is 7.87. The van der Waals surface area contributed by atoms with E-state index in [1.54, 1.807) is 0 Å². The Kier molecular flexibility index (Phi) is 6.31. The van der Waals surface area contributed by atoms with Crippen LogP contribution in [0.4, 0.5) is 0 Å². The first kappa shape index (κ1) is 20.1. The average molecular weight is 397 g/mol. The zero-order valence-electron chi connectivity index (χ0n) is 17.6. The summed E-state index contributed by atoms with van der Waals surface area (Å²) in [4.78, 5) is 15.4. The second kappa shape index (κ2) is 9.09. The van der Waals surface area contributed by atoms with Crippen molar-refractivity contribution in [2.75, 3.05) is 19.8 Å². The molecule has 29 heavy (non-hydrogen) atoms. The number of rotatable bonds is 6. The van der Waals surface area contributed by atoms with E-state index >= 15 is 0 Å². The van der Waals surface area contributed by atoms with Gasteiger partial charge in [0, 0.05) is 30.4 Å². The number of hydrogen-bond donors (Lipinski definition) is 1. The van der Waals surface area contributed by atoms with Gasteiger partial charge < -0.3 is 10.1 Å². The third-order valence-corrected chi connectivity index (χ3v) is 6.41. The Bertz CT molecular complexity index is 827. The van der Waals surface area contributed by atoms with Crippen molar-refractivity contribution >= 4 is 5.91 Å². The number of nitrogens with zero attached hydrogens (tertiary/aromatic N) is 3. The van der Waals surface area contributed by atoms with Gasteiger partial charge >= 0.3 is 0 Å². The minimum Gasteiger partial charge on any atom is -0.378 e. The summed E-state index contributed by atoms with van der Waals surface area (Å²) in [6.45, 7) is 7.44. The van der Waals surface area contributed by atoms with Crippen molar-refractivity contribution in [1.29, 1.82) is 0 Å². The molecule has 2 aromatic rings. The standard InChI is InChI=1S/C23H32N4O2/c1-17-21(18(2)27(25-17)15-19-8-4-3-5-9-19)14-24-23(28)22-16-29-13-12-26(22)20-10-6-7-11-20/h3-5,8-9,20,22H,6-7,10-16H2,1-2H3,(H,24,28). The van der Waals surface area contributed by atoms with Gasteiger partial charge in [-0.05, 0) is 32.3 Å². The van der Waals surface area contributed by atoms with Gasteiger partial charge in [-0.25, -0.2) is 0 Å². The molecule has 2 heterocycles. The van der Waals surface area contributed by atoms with Crippen LogP contribution in [-0.2, 0) is 22.6 Å². The van der Waals surface area contributed by atoms with Crippen LogP contribution in [0, 0.1) is 13.8 Å². The fourth-order valence-corrected chi connectivity index (χ4v) is 4.71. The Labute approximate surface area is 173 Å². The molecule has 1 amide bonds. The van der Waals surface area contributed by atoms with Crippen molar-refractivity contribution in [3.63, 3.8) is 0 Å². The Morgan fingerprint density at radius 2 is 1.97 bits per heavy atom. The van der Waals surface area contributed by atoms with Crippen LogP contribution in [0.2, 0.25) is 0 Å². The highest BCUT2D eigenvalue weighted by atomic mass is 16.5. The molecule has 1 saturated heterocycles. The second-order valence-corrected chi connectivity index (χ2v) is 8.28. The summed E-state index contributed by atoms with van der Waals surface area (Å²) in [6.07, 6.45) is 4.95. The zero-order chi connectivity index (χ0) is 20.2. The maximum absolute atomic E-state index is 13.0. The zero-order valence-corrected chi connectivity index (χ0v) is 17.6. The van der Waals surface area contributed by atoms with E-state index in [0.717, 1.165) is 36.6 Å². The van der Waals surface area contributed by atoms with Crippen LogP contribution in [0.15, 0.2) is 30.3 Å². The minimum atomic E-state index is -0.174. The SMILES string of the molecule is Cc1nn(Cc2ccccc2)c(C)c1CNC(=O)C1COCCN1C1CCCC1. The Balaban J connectivity index is 1.41. The molecule has 6 heteroatoms. The van der Waals surface area contributed by atoms with E-state index in [4.69, 9.17) is 9.84 Å². The van der Waals surface area contributed by atoms with E-state index in [9.17, 15) is 4.79 Å². The van der Waals surface area contributed by atoms with Gasteiger partial charge in [0.05, 0.1) is 25.5 Å². The molecular weight excluding hydrogens is 364 g/mol. The van der Waals surface area contributed by atoms with Crippen LogP contribution in [0.25, 0.3) is 0 Å². The van der Waals surface area contributed by atoms with E-state index in [2.05, 4.69) is 29.3 Å². The van der Waals surface area contributed by atoms with Crippen LogP contribution in [0.5, 0.6) is 0 Å². The number of carbonyl (C=O) groups excluding carboxylic acids is 1. The third-order valence-electron chi connectivity index (χ3n) is 6.41. The normalized spacial score (nSPS) is 20.8. The number of hydrogen-bond acceptors (Lipinski definition) is 4. The van der Waals surface area contributed by atoms with Crippen LogP contribution in [-0.4, -0.2) is 52.4 Å². The van der Waals surface area contributed by atoms with Crippen molar-refractivity contribution in [3.8, 4) is 0 Å². The van der Waals surface area contributed by atoms with Crippen molar-refractivity contribution < 1.29 is 9.53 Å². The highest BCUT2D eigenvalue weighted by molar-refractivity contribution is 5.82. The maximum atomic E-state index is 13.0. The Morgan fingerprint density at radius 3 is 2.72 bits per heavy atom. The monoisotopic (exact) mass is 396 g/mol. The number of carbonyl (C=O) groups is 1. The van der Waals surface area contributed by atoms with Crippen LogP contribution in [0.1, 0.15) is 48.2 Å². The minimum absolute atomic E-state index is 0.0752. The molecule has 2 aliphatic rings. The first-order valence-electron chi connectivity index (χ1n) is 10.8. The largest absolute Gasteiger partial charge is 0.378 e. The van der Waals surface area contributed by atoms with E-state index in [1.165, 1.54) is 31.2 Å². The van der Waals surface area contributed by atoms with Crippen molar-refractivity contribution in [2.24, 2.45) is 0 Å². The highest BCUT2D eigenvalue weighted by Crippen LogP contribution is 2.26. The molecule has 1 atom stereocenters. The Morgan fingerprint density at radius 1 is 1.21 bits per heavy atom. The lowest BCUT2D eigenvalue weighted by molar-refractivity contribution is -0.134. The molecule has 0 radical (unpaired) electrons. The predicted octanol–water partition coefficient (Wildman–Crippen LogP) is 2.81. The molecule has 1 aliphatic heterocycles. The topological polar surface area (TPSA) is 59.4 Å². The lowest BCUT2D eigenvalue weighted by Crippen LogP contribution is -2.56. The van der Waals surface area contributed by atoms with Gasteiger partial charge in [0.1, 0.15) is 6.04 Å². The summed E-state index contributed by atoms with van der Waals surface area (Å²) in [5.74, 6) is 0.0752. The van der Waals surface area contributed by atoms with Gasteiger partial charge in [0.25, 0.3) is 0 Å². The smallest absolute Gasteiger partial charge is 0.240 e. The van der Waals surface area contributed by atoms with Gasteiger partial charge in [-0.1, -0.05) is 43.2 Å². The summed E-state index contributed by atoms with van der Waals surface area (Å²) < 4.78 is 7.67. The van der Waals surface area contributed by atoms with Crippen molar-refractivity contribution in [1.82, 2.24) is 20.0 Å². The van der Waals surface area contributed by atoms with Crippen molar-refractivity contribution in [2.45, 2.75) is 64.7 Å². The summed E-state index contributed by atoms with van der Waals surface area (Å²) in [6, 6.07) is 10.7. The fraction of sp³-hybridized carbons (Fsp3) is 0.565. The molecule has 0 bridgehead atoms. The van der Waals surface area contributed by atoms with E-state index < -0.39 is 0 Å². The average Bonchev–Trinajstić information content (AvgIpc) is 3.36. The first-order chi connectivity index (χ1) is 14.1. The van der Waals surface area contributed by atoms with Gasteiger partial charge in [-0.2, -0.15) is 5.10 Å². The summed E-state index contributed by atoms with van der Waals surface area (Å²) in [5.41, 5.74) is 4.42. The molecule has 1 saturated carbocycles. The quantitative estimate of drug-likeness (QED) is 0.816. The molecule has 1 aromatic heterocycles.